The Morgan fingerprint density at radius 2 is 0.833 bits per heavy atom. The molecule has 0 aromatic rings. The van der Waals surface area contributed by atoms with Crippen molar-refractivity contribution in [3.05, 3.63) is 0 Å². The number of hydrogen-bond acceptors (Lipinski definition) is 22. The normalized spacial score (nSPS) is 15.5. The summed E-state index contributed by atoms with van der Waals surface area (Å²) in [6.07, 6.45) is -2.85. The van der Waals surface area contributed by atoms with Crippen LogP contribution in [0, 0.1) is 0 Å². The molecule has 0 aliphatic carbocycles. The molecular weight excluding hydrogens is 889 g/mol. The molecule has 0 bridgehead atoms. The average molecular weight is 949 g/mol. The third-order valence-electron chi connectivity index (χ3n) is 3.94. The smallest absolute Gasteiger partial charge is 0.317 e. The van der Waals surface area contributed by atoms with E-state index >= 15 is 0 Å². The fourth-order valence-electron chi connectivity index (χ4n) is 1.96. The number of aliphatic carboxylic acids is 2. The number of ether oxygens (including phenoxy) is 3. The van der Waals surface area contributed by atoms with E-state index in [9.17, 15) is 24.0 Å². The highest BCUT2D eigenvalue weighted by Crippen LogP contribution is 2.29. The second-order valence-corrected chi connectivity index (χ2v) is 19.4. The Morgan fingerprint density at radius 3 is 1.02 bits per heavy atom. The number of aliphatic hydroxyl groups is 5. The van der Waals surface area contributed by atoms with Gasteiger partial charge in [-0.15, -0.1) is 0 Å². The first-order chi connectivity index (χ1) is 25.0. The van der Waals surface area contributed by atoms with Crippen molar-refractivity contribution in [3.8, 4) is 0 Å². The van der Waals surface area contributed by atoms with Crippen LogP contribution in [0.3, 0.4) is 0 Å². The van der Waals surface area contributed by atoms with Gasteiger partial charge in [-0.1, -0.05) is 64.8 Å². The minimum absolute atomic E-state index is 0.0188. The van der Waals surface area contributed by atoms with Gasteiger partial charge < -0.3 is 50.0 Å². The van der Waals surface area contributed by atoms with Crippen LogP contribution in [0.1, 0.15) is 55.4 Å². The molecule has 1 aliphatic heterocycles. The Labute approximate surface area is 359 Å². The van der Waals surface area contributed by atoms with Gasteiger partial charge in [-0.25, -0.2) is 0 Å². The second-order valence-electron chi connectivity index (χ2n) is 10.9. The molecule has 1 rings (SSSR count). The zero-order valence-electron chi connectivity index (χ0n) is 31.7. The molecule has 0 amide bonds. The van der Waals surface area contributed by atoms with Crippen LogP contribution < -0.4 is 0 Å². The van der Waals surface area contributed by atoms with E-state index in [1.165, 1.54) is 21.6 Å². The van der Waals surface area contributed by atoms with Crippen molar-refractivity contribution in [1.82, 2.24) is 0 Å². The number of thiol groups is 3. The van der Waals surface area contributed by atoms with Gasteiger partial charge in [0.1, 0.15) is 23.0 Å². The molecule has 54 heavy (non-hydrogen) atoms. The standard InChI is InChI=1S/C10H18O4S2.C5H10O2S.C4H6O4S2.C4H8O2S2.C4H10O2S2.C3H8O/c1-7(2)13-9(11)5-15-16-6-10(12)14-8(3)4;1-4(2)7-5(6)3-8;5-3(6)1-9-10-2-4(7)8;5-3-1-7-8-2-4(3)6;5-3(1-7)4(6)2-8;1-3(2)4/h7-8H,5-6H2,1-4H3;4,8H,3H2,1-2H3;1-2H2,(H,5,6)(H,7,8);3-6H,1-2H2;3-8H,1-2H2;3-4H,1-2H3. The quantitative estimate of drug-likeness (QED) is 0.0328. The highest BCUT2D eigenvalue weighted by molar-refractivity contribution is 8.77. The summed E-state index contributed by atoms with van der Waals surface area (Å²) in [6.45, 7) is 14.3. The molecule has 0 aromatic carbocycles. The number of rotatable bonds is 17. The van der Waals surface area contributed by atoms with E-state index in [-0.39, 0.29) is 82.6 Å². The van der Waals surface area contributed by atoms with Crippen molar-refractivity contribution in [2.75, 3.05) is 51.8 Å². The molecular formula is C30H60O15S9. The van der Waals surface area contributed by atoms with Gasteiger partial charge in [-0.2, -0.15) is 37.9 Å². The molecule has 0 radical (unpaired) electrons. The fourth-order valence-corrected chi connectivity index (χ4v) is 7.90. The molecule has 4 atom stereocenters. The summed E-state index contributed by atoms with van der Waals surface area (Å²) in [4.78, 5) is 52.3. The van der Waals surface area contributed by atoms with Crippen LogP contribution in [0.4, 0.5) is 0 Å². The zero-order valence-corrected chi connectivity index (χ0v) is 39.3. The van der Waals surface area contributed by atoms with Crippen LogP contribution in [0.25, 0.3) is 0 Å². The predicted octanol–water partition coefficient (Wildman–Crippen LogP) is 3.73. The minimum Gasteiger partial charge on any atom is -0.481 e. The van der Waals surface area contributed by atoms with E-state index in [1.54, 1.807) is 77.0 Å². The first kappa shape index (κ1) is 63.5. The van der Waals surface area contributed by atoms with Crippen molar-refractivity contribution in [2.24, 2.45) is 0 Å². The summed E-state index contributed by atoms with van der Waals surface area (Å²) in [5, 5.41) is 59.5. The summed E-state index contributed by atoms with van der Waals surface area (Å²) in [6, 6.07) is 0. The molecule has 0 saturated carbocycles. The molecule has 7 N–H and O–H groups in total. The van der Waals surface area contributed by atoms with E-state index in [0.29, 0.717) is 11.5 Å². The Kier molecular flexibility index (Phi) is 52.2. The molecule has 4 unspecified atom stereocenters. The monoisotopic (exact) mass is 948 g/mol. The first-order valence-electron chi connectivity index (χ1n) is 15.9. The lowest BCUT2D eigenvalue weighted by Gasteiger charge is -2.20. The van der Waals surface area contributed by atoms with E-state index in [4.69, 9.17) is 45.2 Å². The highest BCUT2D eigenvalue weighted by atomic mass is 33.1. The highest BCUT2D eigenvalue weighted by Gasteiger charge is 2.20. The number of esters is 3. The van der Waals surface area contributed by atoms with Crippen molar-refractivity contribution in [2.45, 2.75) is 104 Å². The maximum Gasteiger partial charge on any atom is 0.317 e. The predicted molar refractivity (Wildman–Crippen MR) is 237 cm³/mol. The van der Waals surface area contributed by atoms with Gasteiger partial charge in [0.05, 0.1) is 48.5 Å². The van der Waals surface area contributed by atoms with E-state index in [0.717, 1.165) is 21.6 Å². The van der Waals surface area contributed by atoms with Gasteiger partial charge in [0, 0.05) is 29.1 Å². The van der Waals surface area contributed by atoms with Crippen molar-refractivity contribution in [1.29, 1.82) is 0 Å². The number of hydrogen-bond donors (Lipinski definition) is 10. The molecule has 1 heterocycles. The van der Waals surface area contributed by atoms with Crippen molar-refractivity contribution < 1.29 is 73.9 Å². The number of carbonyl (C=O) groups is 5. The summed E-state index contributed by atoms with van der Waals surface area (Å²) in [5.74, 6) is -0.214. The van der Waals surface area contributed by atoms with Gasteiger partial charge in [0.2, 0.25) is 0 Å². The number of aliphatic hydroxyl groups excluding tert-OH is 5. The molecule has 15 nitrogen and oxygen atoms in total. The lowest BCUT2D eigenvalue weighted by Crippen LogP contribution is -2.32. The topological polar surface area (TPSA) is 255 Å². The Bertz CT molecular complexity index is 872. The fraction of sp³-hybridized carbons (Fsp3) is 0.833. The van der Waals surface area contributed by atoms with Crippen LogP contribution in [-0.4, -0.2) is 166 Å². The van der Waals surface area contributed by atoms with Crippen LogP contribution in [0.5, 0.6) is 0 Å². The van der Waals surface area contributed by atoms with Crippen LogP contribution in [0.15, 0.2) is 0 Å². The van der Waals surface area contributed by atoms with Gasteiger partial charge in [-0.3, -0.25) is 24.0 Å². The molecule has 1 saturated heterocycles. The summed E-state index contributed by atoms with van der Waals surface area (Å²) in [5.41, 5.74) is 0. The van der Waals surface area contributed by atoms with Crippen LogP contribution in [0.2, 0.25) is 0 Å². The van der Waals surface area contributed by atoms with Crippen LogP contribution in [-0.2, 0) is 38.2 Å². The number of carboxylic acid groups (broad SMARTS) is 2. The van der Waals surface area contributed by atoms with Gasteiger partial charge in [-0.05, 0) is 55.4 Å². The van der Waals surface area contributed by atoms with Gasteiger partial charge in [0.15, 0.2) is 0 Å². The number of carbonyl (C=O) groups excluding carboxylic acids is 3. The zero-order chi connectivity index (χ0) is 43.2. The third kappa shape index (κ3) is 61.5. The molecule has 1 aliphatic rings. The lowest BCUT2D eigenvalue weighted by molar-refractivity contribution is -0.145. The number of carboxylic acids is 2. The van der Waals surface area contributed by atoms with E-state index < -0.39 is 36.4 Å². The maximum absolute atomic E-state index is 11.1. The molecule has 0 aromatic heterocycles. The van der Waals surface area contributed by atoms with Gasteiger partial charge in [0.25, 0.3) is 0 Å². The Hall–Kier alpha value is 0.300. The van der Waals surface area contributed by atoms with Crippen molar-refractivity contribution in [3.63, 3.8) is 0 Å². The lowest BCUT2D eigenvalue weighted by atomic mass is 10.3. The SMILES string of the molecule is CC(C)O.CC(C)OC(=O)CS.CC(C)OC(=O)CSSCC(=O)OC(C)C.O=C(O)CSSCC(=O)O.OC(CS)C(O)CS.OC1CSSCC1O. The van der Waals surface area contributed by atoms with Gasteiger partial charge >= 0.3 is 29.8 Å². The van der Waals surface area contributed by atoms with Crippen LogP contribution >= 0.6 is 103 Å². The van der Waals surface area contributed by atoms with E-state index in [1.807, 2.05) is 0 Å². The molecule has 0 spiro atoms. The summed E-state index contributed by atoms with van der Waals surface area (Å²) < 4.78 is 14.5. The first-order valence-corrected chi connectivity index (χ1v) is 25.3. The van der Waals surface area contributed by atoms with E-state index in [2.05, 4.69) is 42.6 Å². The van der Waals surface area contributed by atoms with Crippen molar-refractivity contribution >= 4 is 132 Å². The molecule has 24 heteroatoms. The maximum atomic E-state index is 11.1. The molecule has 1 fully saturated rings. The summed E-state index contributed by atoms with van der Waals surface area (Å²) >= 11 is 11.2. The second kappa shape index (κ2) is 44.4. The minimum atomic E-state index is -0.928. The largest absolute Gasteiger partial charge is 0.481 e. The average Bonchev–Trinajstić information content (AvgIpc) is 3.05. The molecule has 324 valence electrons. The third-order valence-corrected chi connectivity index (χ3v) is 11.6. The Balaban J connectivity index is -0.000000186. The Morgan fingerprint density at radius 1 is 0.574 bits per heavy atom. The summed E-state index contributed by atoms with van der Waals surface area (Å²) in [7, 11) is 7.88.